The molecule has 2 rings (SSSR count). The maximum absolute atomic E-state index is 12.1. The number of nitrogens with one attached hydrogen (secondary N) is 2. The van der Waals surface area contributed by atoms with E-state index < -0.39 is 6.09 Å². The van der Waals surface area contributed by atoms with Crippen LogP contribution in [0.3, 0.4) is 0 Å². The average molecular weight is 306 g/mol. The molecule has 1 fully saturated rings. The average Bonchev–Trinajstić information content (AvgIpc) is 2.80. The number of hydrogen-bond acceptors (Lipinski definition) is 3. The number of alkyl carbamates (subject to hydrolysis) is 1. The minimum atomic E-state index is -0.454. The molecule has 2 N–H and O–H groups in total. The molecule has 0 spiro atoms. The van der Waals surface area contributed by atoms with Gasteiger partial charge in [-0.1, -0.05) is 17.7 Å². The van der Waals surface area contributed by atoms with E-state index in [1.165, 1.54) is 4.90 Å². The number of benzene rings is 1. The topological polar surface area (TPSA) is 63.1 Å². The number of quaternary nitrogens is 1. The van der Waals surface area contributed by atoms with E-state index in [-0.39, 0.29) is 11.9 Å². The fraction of sp³-hybridized carbons (Fsp3) is 0.500. The van der Waals surface area contributed by atoms with E-state index in [0.717, 1.165) is 17.8 Å². The number of carbonyl (C=O) groups excluding carboxylic acids is 2. The first-order valence-electron chi connectivity index (χ1n) is 7.55. The van der Waals surface area contributed by atoms with Gasteiger partial charge < -0.3 is 19.9 Å². The van der Waals surface area contributed by atoms with Crippen LogP contribution in [0.4, 0.5) is 10.5 Å². The molecule has 1 aromatic rings. The lowest BCUT2D eigenvalue weighted by molar-refractivity contribution is -0.858. The van der Waals surface area contributed by atoms with E-state index in [2.05, 4.69) is 5.32 Å². The Hall–Kier alpha value is -2.08. The number of ether oxygens (including phenoxy) is 1. The highest BCUT2D eigenvalue weighted by molar-refractivity contribution is 5.96. The van der Waals surface area contributed by atoms with Crippen molar-refractivity contribution in [2.45, 2.75) is 19.4 Å². The summed E-state index contributed by atoms with van der Waals surface area (Å²) in [5, 5.41) is 2.76. The van der Waals surface area contributed by atoms with E-state index in [9.17, 15) is 9.59 Å². The Morgan fingerprint density at radius 3 is 2.68 bits per heavy atom. The molecule has 6 heteroatoms. The van der Waals surface area contributed by atoms with Crippen molar-refractivity contribution in [3.8, 4) is 0 Å². The zero-order valence-electron chi connectivity index (χ0n) is 13.4. The number of aryl methyl sites for hydroxylation is 1. The molecule has 1 atom stereocenters. The lowest BCUT2D eigenvalue weighted by Gasteiger charge is -2.17. The number of likely N-dealkylation sites (N-methyl/N-ethyl adjacent to an activating group) is 1. The van der Waals surface area contributed by atoms with Crippen LogP contribution in [-0.4, -0.2) is 51.8 Å². The highest BCUT2D eigenvalue weighted by Crippen LogP contribution is 2.21. The van der Waals surface area contributed by atoms with Gasteiger partial charge in [-0.15, -0.1) is 0 Å². The number of hydrogen-bond donors (Lipinski definition) is 2. The van der Waals surface area contributed by atoms with Gasteiger partial charge >= 0.3 is 6.09 Å². The second kappa shape index (κ2) is 7.26. The van der Waals surface area contributed by atoms with E-state index in [1.54, 1.807) is 4.90 Å². The van der Waals surface area contributed by atoms with Crippen LogP contribution >= 0.6 is 0 Å². The van der Waals surface area contributed by atoms with Gasteiger partial charge in [-0.3, -0.25) is 4.79 Å². The molecule has 0 radical (unpaired) electrons. The summed E-state index contributed by atoms with van der Waals surface area (Å²) in [5.41, 5.74) is 2.01. The fourth-order valence-corrected chi connectivity index (χ4v) is 2.33. The fourth-order valence-electron chi connectivity index (χ4n) is 2.33. The predicted molar refractivity (Wildman–Crippen MR) is 84.1 cm³/mol. The molecular formula is C16H24N3O3+. The summed E-state index contributed by atoms with van der Waals surface area (Å²) in [5.74, 6) is 0.0203. The molecule has 1 aliphatic heterocycles. The Morgan fingerprint density at radius 2 is 2.05 bits per heavy atom. The van der Waals surface area contributed by atoms with Gasteiger partial charge in [-0.25, -0.2) is 4.79 Å². The van der Waals surface area contributed by atoms with Gasteiger partial charge in [0.15, 0.2) is 0 Å². The number of nitrogens with zero attached hydrogens (tertiary/aromatic N) is 1. The molecule has 1 aliphatic rings. The van der Waals surface area contributed by atoms with Crippen molar-refractivity contribution >= 4 is 17.7 Å². The summed E-state index contributed by atoms with van der Waals surface area (Å²) in [6.07, 6.45) is -0.146. The maximum Gasteiger partial charge on any atom is 0.407 e. The van der Waals surface area contributed by atoms with Crippen LogP contribution < -0.4 is 15.1 Å². The monoisotopic (exact) mass is 306 g/mol. The SMILES string of the molecule is Cc1ccc(N2C[C@H](NC(=O)OCC[NH+](C)C)CC2=O)cc1. The Morgan fingerprint density at radius 1 is 1.36 bits per heavy atom. The summed E-state index contributed by atoms with van der Waals surface area (Å²) in [6.45, 7) is 3.62. The second-order valence-electron chi connectivity index (χ2n) is 5.98. The van der Waals surface area contributed by atoms with Crippen molar-refractivity contribution in [3.63, 3.8) is 0 Å². The highest BCUT2D eigenvalue weighted by Gasteiger charge is 2.31. The van der Waals surface area contributed by atoms with Gasteiger partial charge in [0, 0.05) is 18.7 Å². The summed E-state index contributed by atoms with van der Waals surface area (Å²) in [6, 6.07) is 7.59. The Bertz CT molecular complexity index is 528. The summed E-state index contributed by atoms with van der Waals surface area (Å²) in [4.78, 5) is 26.7. The van der Waals surface area contributed by atoms with Gasteiger partial charge in [0.1, 0.15) is 13.2 Å². The van der Waals surface area contributed by atoms with Crippen LogP contribution in [0.1, 0.15) is 12.0 Å². The van der Waals surface area contributed by atoms with Crippen LogP contribution in [0.15, 0.2) is 24.3 Å². The number of rotatable bonds is 5. The van der Waals surface area contributed by atoms with Crippen LogP contribution in [-0.2, 0) is 9.53 Å². The molecule has 0 unspecified atom stereocenters. The quantitative estimate of drug-likeness (QED) is 0.803. The molecule has 0 aromatic heterocycles. The first kappa shape index (κ1) is 16.3. The lowest BCUT2D eigenvalue weighted by atomic mass is 10.2. The van der Waals surface area contributed by atoms with Gasteiger partial charge in [0.25, 0.3) is 0 Å². The summed E-state index contributed by atoms with van der Waals surface area (Å²) >= 11 is 0. The standard InChI is InChI=1S/C16H23N3O3/c1-12-4-6-14(7-5-12)19-11-13(10-15(19)20)17-16(21)22-9-8-18(2)3/h4-7,13H,8-11H2,1-3H3,(H,17,21)/p+1/t13-/m1/s1. The summed E-state index contributed by atoms with van der Waals surface area (Å²) < 4.78 is 5.11. The van der Waals surface area contributed by atoms with Gasteiger partial charge in [-0.2, -0.15) is 0 Å². The molecule has 0 aliphatic carbocycles. The molecule has 1 saturated heterocycles. The number of anilines is 1. The van der Waals surface area contributed by atoms with Gasteiger partial charge in [-0.05, 0) is 19.1 Å². The van der Waals surface area contributed by atoms with Gasteiger partial charge in [0.2, 0.25) is 5.91 Å². The lowest BCUT2D eigenvalue weighted by Crippen LogP contribution is -3.06. The first-order valence-corrected chi connectivity index (χ1v) is 7.55. The largest absolute Gasteiger partial charge is 0.444 e. The minimum Gasteiger partial charge on any atom is -0.444 e. The van der Waals surface area contributed by atoms with Crippen LogP contribution in [0.25, 0.3) is 0 Å². The first-order chi connectivity index (χ1) is 10.5. The van der Waals surface area contributed by atoms with Crippen LogP contribution in [0.2, 0.25) is 0 Å². The molecule has 1 heterocycles. The normalized spacial score (nSPS) is 17.9. The third kappa shape index (κ3) is 4.46. The van der Waals surface area contributed by atoms with Crippen molar-refractivity contribution in [1.82, 2.24) is 5.32 Å². The van der Waals surface area contributed by atoms with E-state index >= 15 is 0 Å². The number of amides is 2. The maximum atomic E-state index is 12.1. The molecule has 1 aromatic carbocycles. The van der Waals surface area contributed by atoms with E-state index in [4.69, 9.17) is 4.74 Å². The van der Waals surface area contributed by atoms with Crippen LogP contribution in [0, 0.1) is 6.92 Å². The second-order valence-corrected chi connectivity index (χ2v) is 5.98. The molecule has 6 nitrogen and oxygen atoms in total. The minimum absolute atomic E-state index is 0.0203. The molecule has 0 bridgehead atoms. The van der Waals surface area contributed by atoms with Gasteiger partial charge in [0.05, 0.1) is 20.1 Å². The van der Waals surface area contributed by atoms with E-state index in [1.807, 2.05) is 45.3 Å². The molecule has 22 heavy (non-hydrogen) atoms. The predicted octanol–water partition coefficient (Wildman–Crippen LogP) is -0.0290. The van der Waals surface area contributed by atoms with Crippen molar-refractivity contribution in [2.24, 2.45) is 0 Å². The molecule has 120 valence electrons. The van der Waals surface area contributed by atoms with Crippen molar-refractivity contribution < 1.29 is 19.2 Å². The molecule has 2 amide bonds. The van der Waals surface area contributed by atoms with Crippen molar-refractivity contribution in [1.29, 1.82) is 0 Å². The zero-order valence-corrected chi connectivity index (χ0v) is 13.4. The highest BCUT2D eigenvalue weighted by atomic mass is 16.5. The molecular weight excluding hydrogens is 282 g/mol. The van der Waals surface area contributed by atoms with E-state index in [0.29, 0.717) is 19.6 Å². The molecule has 0 saturated carbocycles. The van der Waals surface area contributed by atoms with Crippen molar-refractivity contribution in [2.75, 3.05) is 38.7 Å². The third-order valence-corrected chi connectivity index (χ3v) is 3.63. The van der Waals surface area contributed by atoms with Crippen molar-refractivity contribution in [3.05, 3.63) is 29.8 Å². The third-order valence-electron chi connectivity index (χ3n) is 3.63. The Balaban J connectivity index is 1.84. The Kier molecular flexibility index (Phi) is 5.38. The number of carbonyl (C=O) groups is 2. The summed E-state index contributed by atoms with van der Waals surface area (Å²) in [7, 11) is 3.99. The zero-order chi connectivity index (χ0) is 16.1. The Labute approximate surface area is 131 Å². The smallest absolute Gasteiger partial charge is 0.407 e. The van der Waals surface area contributed by atoms with Crippen LogP contribution in [0.5, 0.6) is 0 Å².